The molecule has 6 saturated heterocycles. The van der Waals surface area contributed by atoms with E-state index < -0.39 is 241 Å². The first-order valence-electron chi connectivity index (χ1n) is 33.6. The third-order valence-electron chi connectivity index (χ3n) is 18.0. The van der Waals surface area contributed by atoms with Crippen molar-refractivity contribution in [1.29, 1.82) is 0 Å². The SMILES string of the molecule is CC(=O)NC1[C@H](OCCCCC(=O)COc2cc(C)cc(-c3ccc(OCC(=O)NCCCO[C@@H]4OC(CO)[C@@H](O[C@@H]5OC(CO)[C@H](O)[C@H](O[C@H]6OC(CO)[C@H](O)C(O)[C@@H]6O)C5O)[C@H](O)C4NC(C)=O)cc3)c2)OC(CO)[C@@H](O[C@@H]2OC(CO)[C@H](O)[C@H](O[C@H]3OC(CO)[C@H](O)C(O)[C@@H]3O)C2O)[C@@H]1O. The topological polar surface area (TPSA) is 598 Å². The highest BCUT2D eigenvalue weighted by molar-refractivity contribution is 5.80. The standard InChI is InChI=1S/C64H97N3O36/c1-26-15-30(17-33(16-26)92-24-31(76)7-4-5-13-90-59-41(66-27(2)74)47(82)55(38(22-72)98-59)100-63-53(88)57(45(80)36(20-70)96-63)102-61-51(86)49(84)43(78)34(18-68)94-61)29-8-10-32(11-9-29)93-25-40(77)65-12-6-14-91-60-42(67-28(3)75)48(83)56(39(23-73)99-60)101-64-54(89)58(46(81)37(21-71)97-64)103-62-52(87)50(85)44(79)35(19-69)95-62/h8-11,15-17,34-39,41-64,68-73,78-89H,4-7,12-14,18-25H2,1-3H3,(H,65,77)(H,66,74)(H,67,75)/t34?,35?,36?,37?,38?,39?,41?,42?,43-,44-,45-,46-,47+,48+,49?,50?,51-,52-,53?,54?,55+,56+,57-,58-,59+,60+,61+,62+,63-,64-/m0/s1. The maximum Gasteiger partial charge on any atom is 0.257 e. The Balaban J connectivity index is 0.744. The van der Waals surface area contributed by atoms with Crippen LogP contribution in [0.25, 0.3) is 11.1 Å². The van der Waals surface area contributed by atoms with Crippen LogP contribution in [0.15, 0.2) is 42.5 Å². The molecule has 0 saturated carbocycles. The summed E-state index contributed by atoms with van der Waals surface area (Å²) in [6.45, 7) is -1.68. The van der Waals surface area contributed by atoms with Gasteiger partial charge in [-0.15, -0.1) is 0 Å². The first kappa shape index (κ1) is 83.6. The van der Waals surface area contributed by atoms with Crippen LogP contribution < -0.4 is 25.4 Å². The summed E-state index contributed by atoms with van der Waals surface area (Å²) in [6.07, 6.45) is -47.3. The van der Waals surface area contributed by atoms with Crippen molar-refractivity contribution in [3.63, 3.8) is 0 Å². The molecule has 2 aromatic carbocycles. The van der Waals surface area contributed by atoms with E-state index in [1.54, 1.807) is 36.4 Å². The number of hydrogen-bond acceptors (Lipinski definition) is 36. The number of amides is 3. The van der Waals surface area contributed by atoms with Crippen molar-refractivity contribution in [1.82, 2.24) is 16.0 Å². The largest absolute Gasteiger partial charge is 0.486 e. The molecule has 6 heterocycles. The molecule has 0 aliphatic carbocycles. The van der Waals surface area contributed by atoms with E-state index in [4.69, 9.17) is 66.3 Å². The number of aryl methyl sites for hydroxylation is 1. The number of benzene rings is 2. The summed E-state index contributed by atoms with van der Waals surface area (Å²) in [5.41, 5.74) is 2.31. The minimum atomic E-state index is -2.01. The first-order chi connectivity index (χ1) is 49.1. The fourth-order valence-electron chi connectivity index (χ4n) is 12.5. The zero-order valence-electron chi connectivity index (χ0n) is 56.4. The minimum absolute atomic E-state index is 0.0637. The lowest BCUT2D eigenvalue weighted by Gasteiger charge is -2.48. The normalized spacial score (nSPS) is 38.5. The van der Waals surface area contributed by atoms with Gasteiger partial charge >= 0.3 is 0 Å². The number of unbranched alkanes of at least 4 members (excludes halogenated alkanes) is 1. The number of nitrogens with one attached hydrogen (secondary N) is 3. The van der Waals surface area contributed by atoms with Gasteiger partial charge < -0.3 is 174 Å². The Morgan fingerprint density at radius 1 is 0.398 bits per heavy atom. The summed E-state index contributed by atoms with van der Waals surface area (Å²) < 4.78 is 80.2. The summed E-state index contributed by atoms with van der Waals surface area (Å²) in [4.78, 5) is 50.6. The average Bonchev–Trinajstić information content (AvgIpc) is 0.779. The Morgan fingerprint density at radius 3 is 1.23 bits per heavy atom. The zero-order valence-corrected chi connectivity index (χ0v) is 56.4. The van der Waals surface area contributed by atoms with E-state index in [1.807, 2.05) is 13.0 Å². The molecule has 39 heteroatoms. The van der Waals surface area contributed by atoms with Crippen LogP contribution in [0.1, 0.15) is 45.1 Å². The molecule has 12 unspecified atom stereocenters. The van der Waals surface area contributed by atoms with Crippen molar-refractivity contribution >= 4 is 23.5 Å². The molecule has 8 rings (SSSR count). The molecule has 21 N–H and O–H groups in total. The molecule has 3 amide bonds. The van der Waals surface area contributed by atoms with Gasteiger partial charge in [0.1, 0.15) is 164 Å². The fourth-order valence-corrected chi connectivity index (χ4v) is 12.5. The molecule has 39 nitrogen and oxygen atoms in total. The highest BCUT2D eigenvalue weighted by Crippen LogP contribution is 2.37. The maximum atomic E-state index is 13.1. The third-order valence-corrected chi connectivity index (χ3v) is 18.0. The van der Waals surface area contributed by atoms with E-state index in [9.17, 15) is 111 Å². The smallest absolute Gasteiger partial charge is 0.257 e. The number of Topliss-reactive ketones (excluding diaryl/α,β-unsaturated/α-hetero) is 1. The summed E-state index contributed by atoms with van der Waals surface area (Å²) in [5, 5.41) is 198. The predicted octanol–water partition coefficient (Wildman–Crippen LogP) is -10.1. The highest BCUT2D eigenvalue weighted by atomic mass is 16.8. The van der Waals surface area contributed by atoms with E-state index in [2.05, 4.69) is 16.0 Å². The van der Waals surface area contributed by atoms with Gasteiger partial charge in [-0.25, -0.2) is 0 Å². The monoisotopic (exact) mass is 1480 g/mol. The van der Waals surface area contributed by atoms with E-state index in [1.165, 1.54) is 0 Å². The van der Waals surface area contributed by atoms with Gasteiger partial charge in [-0.3, -0.25) is 19.2 Å². The average molecular weight is 1480 g/mol. The number of carbonyl (C=O) groups is 4. The second-order valence-corrected chi connectivity index (χ2v) is 25.7. The number of ketones is 1. The van der Waals surface area contributed by atoms with Crippen molar-refractivity contribution < 1.29 is 177 Å². The van der Waals surface area contributed by atoms with Gasteiger partial charge in [-0.05, 0) is 67.1 Å². The van der Waals surface area contributed by atoms with E-state index in [0.29, 0.717) is 17.9 Å². The quantitative estimate of drug-likeness (QED) is 0.0289. The Hall–Kier alpha value is -5.08. The Kier molecular flexibility index (Phi) is 31.8. The van der Waals surface area contributed by atoms with E-state index >= 15 is 0 Å². The molecule has 6 fully saturated rings. The molecule has 103 heavy (non-hydrogen) atoms. The summed E-state index contributed by atoms with van der Waals surface area (Å²) >= 11 is 0. The lowest BCUT2D eigenvalue weighted by atomic mass is 9.95. The van der Waals surface area contributed by atoms with Crippen LogP contribution >= 0.6 is 0 Å². The van der Waals surface area contributed by atoms with Gasteiger partial charge in [-0.1, -0.05) is 18.2 Å². The lowest BCUT2D eigenvalue weighted by molar-refractivity contribution is -0.376. The molecular formula is C64H97N3O36. The molecule has 0 radical (unpaired) electrons. The van der Waals surface area contributed by atoms with Crippen molar-refractivity contribution in [2.45, 2.75) is 231 Å². The van der Waals surface area contributed by atoms with Crippen LogP contribution in [0.4, 0.5) is 0 Å². The molecule has 0 bridgehead atoms. The number of ether oxygens (including phenoxy) is 14. The fraction of sp³-hybridized carbons (Fsp3) is 0.750. The summed E-state index contributed by atoms with van der Waals surface area (Å²) in [6, 6.07) is 9.47. The van der Waals surface area contributed by atoms with Gasteiger partial charge in [0, 0.05) is 33.4 Å². The van der Waals surface area contributed by atoms with E-state index in [-0.39, 0.29) is 58.0 Å². The Morgan fingerprint density at radius 2 is 0.796 bits per heavy atom. The minimum Gasteiger partial charge on any atom is -0.486 e. The molecule has 0 spiro atoms. The van der Waals surface area contributed by atoms with Crippen molar-refractivity contribution in [2.75, 3.05) is 72.6 Å². The number of hydrogen-bond donors (Lipinski definition) is 21. The van der Waals surface area contributed by atoms with Crippen molar-refractivity contribution in [3.05, 3.63) is 48.0 Å². The number of carbonyl (C=O) groups excluding carboxylic acids is 4. The second-order valence-electron chi connectivity index (χ2n) is 25.7. The van der Waals surface area contributed by atoms with E-state index in [0.717, 1.165) is 30.5 Å². The van der Waals surface area contributed by atoms with Gasteiger partial charge in [0.25, 0.3) is 5.91 Å². The molecule has 6 aliphatic heterocycles. The van der Waals surface area contributed by atoms with Crippen LogP contribution in [0.2, 0.25) is 0 Å². The van der Waals surface area contributed by atoms with Crippen LogP contribution in [-0.2, 0) is 76.0 Å². The Bertz CT molecular complexity index is 2960. The summed E-state index contributed by atoms with van der Waals surface area (Å²) in [7, 11) is 0. The molecular weight excluding hydrogens is 1390 g/mol. The molecule has 584 valence electrons. The number of aliphatic hydroxyl groups is 18. The van der Waals surface area contributed by atoms with Gasteiger partial charge in [0.2, 0.25) is 11.8 Å². The summed E-state index contributed by atoms with van der Waals surface area (Å²) in [5.74, 6) is -1.26. The maximum absolute atomic E-state index is 13.1. The molecule has 2 aromatic rings. The van der Waals surface area contributed by atoms with Gasteiger partial charge in [-0.2, -0.15) is 0 Å². The lowest BCUT2D eigenvalue weighted by Crippen LogP contribution is -2.68. The number of aliphatic hydroxyl groups excluding tert-OH is 18. The molecule has 6 aliphatic rings. The predicted molar refractivity (Wildman–Crippen MR) is 337 cm³/mol. The van der Waals surface area contributed by atoms with Gasteiger partial charge in [0.05, 0.1) is 46.2 Å². The first-order valence-corrected chi connectivity index (χ1v) is 33.6. The van der Waals surface area contributed by atoms with Crippen LogP contribution in [0.5, 0.6) is 11.5 Å². The van der Waals surface area contributed by atoms with Gasteiger partial charge in [0.15, 0.2) is 50.1 Å². The molecule has 30 atom stereocenters. The molecule has 0 aromatic heterocycles. The Labute approximate surface area is 589 Å². The van der Waals surface area contributed by atoms with Crippen molar-refractivity contribution in [3.8, 4) is 22.6 Å². The second kappa shape index (κ2) is 39.2. The number of rotatable bonds is 34. The zero-order chi connectivity index (χ0) is 75.1. The van der Waals surface area contributed by atoms with Crippen LogP contribution in [-0.4, -0.2) is 372 Å². The third kappa shape index (κ3) is 21.2. The van der Waals surface area contributed by atoms with Crippen LogP contribution in [0, 0.1) is 6.92 Å². The van der Waals surface area contributed by atoms with Crippen LogP contribution in [0.3, 0.4) is 0 Å². The van der Waals surface area contributed by atoms with Crippen molar-refractivity contribution in [2.24, 2.45) is 0 Å². The highest BCUT2D eigenvalue weighted by Gasteiger charge is 2.57.